The maximum absolute atomic E-state index is 6.13. The Labute approximate surface area is 195 Å². The van der Waals surface area contributed by atoms with Crippen molar-refractivity contribution in [3.05, 3.63) is 58.7 Å². The van der Waals surface area contributed by atoms with Crippen molar-refractivity contribution in [1.29, 1.82) is 0 Å². The van der Waals surface area contributed by atoms with Crippen molar-refractivity contribution in [2.45, 2.75) is 57.2 Å². The Kier molecular flexibility index (Phi) is 7.12. The summed E-state index contributed by atoms with van der Waals surface area (Å²) >= 11 is 8.06. The van der Waals surface area contributed by atoms with Crippen molar-refractivity contribution in [3.63, 3.8) is 0 Å². The van der Waals surface area contributed by atoms with Gasteiger partial charge in [0.05, 0.1) is 7.11 Å². The molecule has 0 N–H and O–H groups in total. The molecule has 3 nitrogen and oxygen atoms in total. The van der Waals surface area contributed by atoms with E-state index in [1.165, 1.54) is 27.1 Å². The first-order valence-electron chi connectivity index (χ1n) is 10.6. The maximum atomic E-state index is 6.13. The molecule has 0 bridgehead atoms. The molecular formula is C26H33ClN2OS. The number of hydrogen-bond donors (Lipinski definition) is 0. The number of ether oxygens (including phenoxy) is 1. The predicted molar refractivity (Wildman–Crippen MR) is 137 cm³/mol. The SMILES string of the molecule is C/N=C/C(C)(C)Cc1c(SC(C)(C)C)c2cc(OC)ccc2n1Cc1ccc(Cl)cc1. The topological polar surface area (TPSA) is 26.5 Å². The van der Waals surface area contributed by atoms with E-state index in [0.29, 0.717) is 0 Å². The minimum Gasteiger partial charge on any atom is -0.497 e. The van der Waals surface area contributed by atoms with Crippen molar-refractivity contribution in [1.82, 2.24) is 4.57 Å². The monoisotopic (exact) mass is 456 g/mol. The summed E-state index contributed by atoms with van der Waals surface area (Å²) < 4.78 is 8.11. The summed E-state index contributed by atoms with van der Waals surface area (Å²) in [6.45, 7) is 12.1. The molecule has 0 aliphatic heterocycles. The fourth-order valence-electron chi connectivity index (χ4n) is 3.86. The van der Waals surface area contributed by atoms with Gasteiger partial charge in [0, 0.05) is 56.5 Å². The van der Waals surface area contributed by atoms with Crippen LogP contribution in [0.3, 0.4) is 0 Å². The standard InChI is InChI=1S/C26H33ClN2OS/c1-25(2,3)31-24-21-14-20(30-7)12-13-22(21)29(16-18-8-10-19(27)11-9-18)23(24)15-26(4,5)17-28-6/h8-14,17H,15-16H2,1-7H3/b28-17+. The normalized spacial score (nSPS) is 12.8. The van der Waals surface area contributed by atoms with Crippen LogP contribution < -0.4 is 4.74 Å². The van der Waals surface area contributed by atoms with Gasteiger partial charge >= 0.3 is 0 Å². The van der Waals surface area contributed by atoms with E-state index in [-0.39, 0.29) is 10.2 Å². The molecule has 3 aromatic rings. The van der Waals surface area contributed by atoms with Gasteiger partial charge in [-0.15, -0.1) is 11.8 Å². The zero-order valence-electron chi connectivity index (χ0n) is 19.6. The van der Waals surface area contributed by atoms with Crippen LogP contribution in [0.2, 0.25) is 5.02 Å². The van der Waals surface area contributed by atoms with Crippen LogP contribution in [0.5, 0.6) is 5.75 Å². The first-order chi connectivity index (χ1) is 14.5. The molecule has 0 aliphatic rings. The van der Waals surface area contributed by atoms with Gasteiger partial charge in [-0.3, -0.25) is 0 Å². The third-order valence-corrected chi connectivity index (χ3v) is 6.61. The minimum absolute atomic E-state index is 0.0574. The van der Waals surface area contributed by atoms with Crippen molar-refractivity contribution in [2.24, 2.45) is 10.4 Å². The Bertz CT molecular complexity index is 1080. The van der Waals surface area contributed by atoms with E-state index in [1.54, 1.807) is 7.11 Å². The Morgan fingerprint density at radius 2 is 1.74 bits per heavy atom. The van der Waals surface area contributed by atoms with Crippen LogP contribution in [-0.2, 0) is 13.0 Å². The molecule has 0 saturated carbocycles. The molecule has 166 valence electrons. The van der Waals surface area contributed by atoms with Crippen molar-refractivity contribution in [2.75, 3.05) is 14.2 Å². The van der Waals surface area contributed by atoms with E-state index in [4.69, 9.17) is 16.3 Å². The minimum atomic E-state index is -0.0574. The van der Waals surface area contributed by atoms with Crippen LogP contribution in [0.4, 0.5) is 0 Å². The fraction of sp³-hybridized carbons (Fsp3) is 0.423. The number of methoxy groups -OCH3 is 1. The molecule has 31 heavy (non-hydrogen) atoms. The van der Waals surface area contributed by atoms with Crippen molar-refractivity contribution >= 4 is 40.5 Å². The number of thioether (sulfide) groups is 1. The molecule has 1 heterocycles. The van der Waals surface area contributed by atoms with Gasteiger partial charge in [0.15, 0.2) is 0 Å². The van der Waals surface area contributed by atoms with E-state index < -0.39 is 0 Å². The third-order valence-electron chi connectivity index (χ3n) is 5.09. The Morgan fingerprint density at radius 1 is 1.06 bits per heavy atom. The maximum Gasteiger partial charge on any atom is 0.119 e. The van der Waals surface area contributed by atoms with E-state index >= 15 is 0 Å². The lowest BCUT2D eigenvalue weighted by Gasteiger charge is -2.24. The van der Waals surface area contributed by atoms with Crippen LogP contribution in [0.1, 0.15) is 45.9 Å². The Morgan fingerprint density at radius 3 is 2.32 bits per heavy atom. The molecule has 1 aromatic heterocycles. The van der Waals surface area contributed by atoms with Gasteiger partial charge in [0.1, 0.15) is 5.75 Å². The molecular weight excluding hydrogens is 424 g/mol. The second-order valence-electron chi connectivity index (χ2n) is 9.64. The second-order valence-corrected chi connectivity index (χ2v) is 11.9. The molecule has 0 fully saturated rings. The summed E-state index contributed by atoms with van der Waals surface area (Å²) in [6.07, 6.45) is 2.96. The molecule has 0 saturated heterocycles. The molecule has 0 unspecified atom stereocenters. The summed E-state index contributed by atoms with van der Waals surface area (Å²) in [6, 6.07) is 14.5. The van der Waals surface area contributed by atoms with Gasteiger partial charge in [-0.05, 0) is 42.3 Å². The zero-order chi connectivity index (χ0) is 22.8. The molecule has 0 spiro atoms. The predicted octanol–water partition coefficient (Wildman–Crippen LogP) is 7.51. The second kappa shape index (κ2) is 9.30. The highest BCUT2D eigenvalue weighted by Crippen LogP contribution is 2.44. The average molecular weight is 457 g/mol. The number of aromatic nitrogens is 1. The van der Waals surface area contributed by atoms with Gasteiger partial charge in [-0.2, -0.15) is 0 Å². The largest absolute Gasteiger partial charge is 0.497 e. The zero-order valence-corrected chi connectivity index (χ0v) is 21.2. The van der Waals surface area contributed by atoms with Crippen molar-refractivity contribution in [3.8, 4) is 5.75 Å². The summed E-state index contributed by atoms with van der Waals surface area (Å²) in [5.41, 5.74) is 3.73. The van der Waals surface area contributed by atoms with Crippen LogP contribution in [0, 0.1) is 5.41 Å². The smallest absolute Gasteiger partial charge is 0.119 e. The van der Waals surface area contributed by atoms with Crippen LogP contribution in [0.25, 0.3) is 10.9 Å². The summed E-state index contributed by atoms with van der Waals surface area (Å²) in [5.74, 6) is 0.882. The van der Waals surface area contributed by atoms with Crippen LogP contribution >= 0.6 is 23.4 Å². The quantitative estimate of drug-likeness (QED) is 0.271. The lowest BCUT2D eigenvalue weighted by molar-refractivity contribution is 0.415. The van der Waals surface area contributed by atoms with E-state index in [2.05, 4.69) is 80.7 Å². The number of nitrogens with zero attached hydrogens (tertiary/aromatic N) is 2. The van der Waals surface area contributed by atoms with Crippen LogP contribution in [0.15, 0.2) is 52.4 Å². The third kappa shape index (κ3) is 5.87. The van der Waals surface area contributed by atoms with Gasteiger partial charge < -0.3 is 14.3 Å². The highest BCUT2D eigenvalue weighted by Gasteiger charge is 2.27. The first kappa shape index (κ1) is 23.7. The first-order valence-corrected chi connectivity index (χ1v) is 11.8. The van der Waals surface area contributed by atoms with Gasteiger partial charge in [0.2, 0.25) is 0 Å². The number of rotatable bonds is 7. The molecule has 0 aliphatic carbocycles. The number of fused-ring (bicyclic) bond motifs is 1. The molecule has 3 rings (SSSR count). The average Bonchev–Trinajstić information content (AvgIpc) is 2.94. The van der Waals surface area contributed by atoms with E-state index in [9.17, 15) is 0 Å². The van der Waals surface area contributed by atoms with Gasteiger partial charge in [-0.1, -0.05) is 58.4 Å². The number of halogens is 1. The number of benzene rings is 2. The van der Waals surface area contributed by atoms with Crippen LogP contribution in [-0.4, -0.2) is 29.7 Å². The molecule has 5 heteroatoms. The number of hydrogen-bond acceptors (Lipinski definition) is 3. The van der Waals surface area contributed by atoms with Gasteiger partial charge in [0.25, 0.3) is 0 Å². The highest BCUT2D eigenvalue weighted by atomic mass is 35.5. The summed E-state index contributed by atoms with van der Waals surface area (Å²) in [5, 5.41) is 2.00. The highest BCUT2D eigenvalue weighted by molar-refractivity contribution is 8.00. The molecule has 0 atom stereocenters. The molecule has 0 radical (unpaired) electrons. The van der Waals surface area contributed by atoms with Crippen molar-refractivity contribution < 1.29 is 4.74 Å². The summed E-state index contributed by atoms with van der Waals surface area (Å²) in [7, 11) is 3.57. The number of aliphatic imine (C=N–C) groups is 1. The molecule has 2 aromatic carbocycles. The fourth-order valence-corrected chi connectivity index (χ4v) is 5.17. The van der Waals surface area contributed by atoms with Gasteiger partial charge in [-0.25, -0.2) is 0 Å². The van der Waals surface area contributed by atoms with E-state index in [0.717, 1.165) is 23.7 Å². The Hall–Kier alpha value is -1.91. The summed E-state index contributed by atoms with van der Waals surface area (Å²) in [4.78, 5) is 5.66. The molecule has 0 amide bonds. The Balaban J connectivity index is 2.26. The lowest BCUT2D eigenvalue weighted by atomic mass is 9.89. The van der Waals surface area contributed by atoms with E-state index in [1.807, 2.05) is 30.9 Å². The lowest BCUT2D eigenvalue weighted by Crippen LogP contribution is -2.20.